The van der Waals surface area contributed by atoms with Crippen molar-refractivity contribution in [1.82, 2.24) is 0 Å². The van der Waals surface area contributed by atoms with Crippen LogP contribution in [0.15, 0.2) is 46.9 Å². The van der Waals surface area contributed by atoms with E-state index in [0.717, 1.165) is 22.1 Å². The van der Waals surface area contributed by atoms with Gasteiger partial charge in [0, 0.05) is 10.5 Å². The highest BCUT2D eigenvalue weighted by Crippen LogP contribution is 2.45. The zero-order valence-electron chi connectivity index (χ0n) is 13.8. The van der Waals surface area contributed by atoms with E-state index in [0.29, 0.717) is 16.7 Å². The van der Waals surface area contributed by atoms with Crippen LogP contribution < -0.4 is 0 Å². The minimum atomic E-state index is -1.07. The lowest BCUT2D eigenvalue weighted by Gasteiger charge is -2.06. The number of carboxylic acid groups (broad SMARTS) is 1. The third-order valence-electron chi connectivity index (χ3n) is 4.30. The fourth-order valence-electron chi connectivity index (χ4n) is 3.05. The Morgan fingerprint density at radius 3 is 2.44 bits per heavy atom. The van der Waals surface area contributed by atoms with Gasteiger partial charge in [0.05, 0.1) is 6.42 Å². The zero-order chi connectivity index (χ0) is 18.1. The molecule has 0 atom stereocenters. The maximum absolute atomic E-state index is 14.4. The predicted octanol–water partition coefficient (Wildman–Crippen LogP) is 5.49. The van der Waals surface area contributed by atoms with Crippen LogP contribution in [0, 0.1) is 11.6 Å². The van der Waals surface area contributed by atoms with Crippen molar-refractivity contribution >= 4 is 35.0 Å². The van der Waals surface area contributed by atoms with E-state index in [4.69, 9.17) is 5.11 Å². The van der Waals surface area contributed by atoms with Crippen LogP contribution in [0.1, 0.15) is 30.0 Å². The van der Waals surface area contributed by atoms with Gasteiger partial charge in [-0.25, -0.2) is 8.78 Å². The zero-order valence-corrected chi connectivity index (χ0v) is 14.6. The Morgan fingerprint density at radius 1 is 1.16 bits per heavy atom. The second-order valence-electron chi connectivity index (χ2n) is 5.79. The highest BCUT2D eigenvalue weighted by molar-refractivity contribution is 7.98. The molecule has 0 radical (unpaired) electrons. The summed E-state index contributed by atoms with van der Waals surface area (Å²) in [5.41, 5.74) is 3.22. The van der Waals surface area contributed by atoms with Crippen molar-refractivity contribution in [1.29, 1.82) is 0 Å². The van der Waals surface area contributed by atoms with E-state index in [2.05, 4.69) is 0 Å². The fraction of sp³-hybridized carbons (Fsp3) is 0.150. The van der Waals surface area contributed by atoms with Gasteiger partial charge in [0.25, 0.3) is 0 Å². The van der Waals surface area contributed by atoms with Crippen LogP contribution in [0.2, 0.25) is 0 Å². The predicted molar refractivity (Wildman–Crippen MR) is 97.3 cm³/mol. The molecule has 0 saturated heterocycles. The van der Waals surface area contributed by atoms with Gasteiger partial charge in [-0.2, -0.15) is 0 Å². The molecule has 0 bridgehead atoms. The number of allylic oxidation sites excluding steroid dienone is 2. The maximum Gasteiger partial charge on any atom is 0.307 e. The van der Waals surface area contributed by atoms with E-state index in [1.807, 2.05) is 36.6 Å². The summed E-state index contributed by atoms with van der Waals surface area (Å²) in [7, 11) is 0. The Morgan fingerprint density at radius 2 is 1.84 bits per heavy atom. The van der Waals surface area contributed by atoms with Gasteiger partial charge in [-0.1, -0.05) is 18.2 Å². The van der Waals surface area contributed by atoms with Gasteiger partial charge < -0.3 is 5.11 Å². The van der Waals surface area contributed by atoms with Crippen molar-refractivity contribution < 1.29 is 18.7 Å². The summed E-state index contributed by atoms with van der Waals surface area (Å²) in [5.74, 6) is -3.04. The van der Waals surface area contributed by atoms with Crippen LogP contribution in [-0.4, -0.2) is 17.3 Å². The minimum Gasteiger partial charge on any atom is -0.481 e. The summed E-state index contributed by atoms with van der Waals surface area (Å²) in [5, 5.41) is 9.14. The molecule has 0 heterocycles. The third kappa shape index (κ3) is 3.24. The summed E-state index contributed by atoms with van der Waals surface area (Å²) in [6.07, 6.45) is 3.52. The molecule has 5 heteroatoms. The number of carbonyl (C=O) groups is 1. The smallest absolute Gasteiger partial charge is 0.307 e. The topological polar surface area (TPSA) is 37.3 Å². The standard InChI is InChI=1S/C20H16F2O2S/c1-11-15(9-12-3-5-13(25-2)6-4-12)14-7-8-17(21)20(22)19(14)16(11)10-18(23)24/h3-9H,10H2,1-2H3,(H,23,24). The van der Waals surface area contributed by atoms with Gasteiger partial charge >= 0.3 is 5.97 Å². The number of aliphatic carboxylic acids is 1. The first-order chi connectivity index (χ1) is 11.9. The van der Waals surface area contributed by atoms with Crippen molar-refractivity contribution in [3.05, 3.63) is 70.3 Å². The summed E-state index contributed by atoms with van der Waals surface area (Å²) in [4.78, 5) is 12.3. The third-order valence-corrected chi connectivity index (χ3v) is 5.04. The number of carboxylic acids is 1. The first-order valence-electron chi connectivity index (χ1n) is 7.68. The second-order valence-corrected chi connectivity index (χ2v) is 6.67. The molecule has 0 aromatic heterocycles. The summed E-state index contributed by atoms with van der Waals surface area (Å²) in [6.45, 7) is 1.75. The quantitative estimate of drug-likeness (QED) is 0.735. The molecule has 0 spiro atoms. The number of hydrogen-bond acceptors (Lipinski definition) is 2. The Kier molecular flexibility index (Phi) is 4.77. The normalized spacial score (nSPS) is 15.0. The maximum atomic E-state index is 14.4. The van der Waals surface area contributed by atoms with Crippen LogP contribution in [0.25, 0.3) is 17.2 Å². The average molecular weight is 358 g/mol. The van der Waals surface area contributed by atoms with Crippen LogP contribution in [0.4, 0.5) is 8.78 Å². The fourth-order valence-corrected chi connectivity index (χ4v) is 3.46. The van der Waals surface area contributed by atoms with Gasteiger partial charge in [-0.3, -0.25) is 4.79 Å². The molecule has 1 aliphatic rings. The number of thioether (sulfide) groups is 1. The number of fused-ring (bicyclic) bond motifs is 1. The largest absolute Gasteiger partial charge is 0.481 e. The van der Waals surface area contributed by atoms with Gasteiger partial charge in [-0.05, 0) is 65.3 Å². The Labute approximate surface area is 148 Å². The van der Waals surface area contributed by atoms with Gasteiger partial charge in [0.1, 0.15) is 0 Å². The Balaban J connectivity index is 2.17. The first kappa shape index (κ1) is 17.4. The molecular weight excluding hydrogens is 342 g/mol. The van der Waals surface area contributed by atoms with Gasteiger partial charge in [0.15, 0.2) is 11.6 Å². The van der Waals surface area contributed by atoms with Gasteiger partial charge in [-0.15, -0.1) is 11.8 Å². The molecule has 25 heavy (non-hydrogen) atoms. The van der Waals surface area contributed by atoms with E-state index in [-0.39, 0.29) is 12.0 Å². The number of benzene rings is 2. The summed E-state index contributed by atoms with van der Waals surface area (Å²) >= 11 is 1.63. The molecule has 0 saturated carbocycles. The molecular formula is C20H16F2O2S. The number of hydrogen-bond donors (Lipinski definition) is 1. The minimum absolute atomic E-state index is 0.0619. The van der Waals surface area contributed by atoms with E-state index in [1.54, 1.807) is 18.7 Å². The molecule has 2 aromatic carbocycles. The molecule has 0 unspecified atom stereocenters. The lowest BCUT2D eigenvalue weighted by Crippen LogP contribution is -2.00. The van der Waals surface area contributed by atoms with Crippen molar-refractivity contribution in [3.63, 3.8) is 0 Å². The summed E-state index contributed by atoms with van der Waals surface area (Å²) in [6, 6.07) is 10.4. The highest BCUT2D eigenvalue weighted by atomic mass is 32.2. The van der Waals surface area contributed by atoms with Crippen LogP contribution in [0.3, 0.4) is 0 Å². The molecule has 0 aliphatic heterocycles. The lowest BCUT2D eigenvalue weighted by molar-refractivity contribution is -0.135. The van der Waals surface area contributed by atoms with E-state index < -0.39 is 17.6 Å². The lowest BCUT2D eigenvalue weighted by atomic mass is 10.00. The van der Waals surface area contributed by atoms with Crippen LogP contribution >= 0.6 is 11.8 Å². The monoisotopic (exact) mass is 358 g/mol. The molecule has 2 aromatic rings. The highest BCUT2D eigenvalue weighted by Gasteiger charge is 2.29. The van der Waals surface area contributed by atoms with Gasteiger partial charge in [0.2, 0.25) is 0 Å². The van der Waals surface area contributed by atoms with Crippen LogP contribution in [-0.2, 0) is 4.79 Å². The molecule has 0 amide bonds. The van der Waals surface area contributed by atoms with Crippen molar-refractivity contribution in [2.24, 2.45) is 0 Å². The molecule has 2 nitrogen and oxygen atoms in total. The number of halogens is 2. The van der Waals surface area contributed by atoms with Crippen LogP contribution in [0.5, 0.6) is 0 Å². The van der Waals surface area contributed by atoms with Crippen molar-refractivity contribution in [3.8, 4) is 0 Å². The van der Waals surface area contributed by atoms with Crippen molar-refractivity contribution in [2.45, 2.75) is 18.2 Å². The van der Waals surface area contributed by atoms with Crippen molar-refractivity contribution in [2.75, 3.05) is 6.26 Å². The summed E-state index contributed by atoms with van der Waals surface area (Å²) < 4.78 is 28.0. The number of rotatable bonds is 4. The Hall–Kier alpha value is -2.40. The molecule has 128 valence electrons. The first-order valence-corrected chi connectivity index (χ1v) is 8.91. The molecule has 1 aliphatic carbocycles. The average Bonchev–Trinajstić information content (AvgIpc) is 2.84. The molecule has 3 rings (SSSR count). The van der Waals surface area contributed by atoms with E-state index >= 15 is 0 Å². The SMILES string of the molecule is CSc1ccc(C=C2C(C)=C(CC(=O)O)c3c2ccc(F)c3F)cc1. The molecule has 1 N–H and O–H groups in total. The van der Waals surface area contributed by atoms with E-state index in [1.165, 1.54) is 6.07 Å². The van der Waals surface area contributed by atoms with E-state index in [9.17, 15) is 13.6 Å². The molecule has 0 fully saturated rings. The second kappa shape index (κ2) is 6.84. The Bertz CT molecular complexity index is 912.